The molecule has 0 aliphatic carbocycles. The molecule has 0 spiro atoms. The fraction of sp³-hybridized carbons (Fsp3) is 0.353. The van der Waals surface area contributed by atoms with Crippen LogP contribution in [0.5, 0.6) is 0 Å². The summed E-state index contributed by atoms with van der Waals surface area (Å²) < 4.78 is 4.77. The van der Waals surface area contributed by atoms with Crippen LogP contribution in [0.15, 0.2) is 17.8 Å². The van der Waals surface area contributed by atoms with Crippen molar-refractivity contribution in [1.82, 2.24) is 4.98 Å². The zero-order valence-electron chi connectivity index (χ0n) is 15.0. The molecule has 6 N–H and O–H groups in total. The van der Waals surface area contributed by atoms with Gasteiger partial charge in [-0.1, -0.05) is 0 Å². The minimum atomic E-state index is -0.804. The van der Waals surface area contributed by atoms with Gasteiger partial charge in [0.2, 0.25) is 0 Å². The number of allylic oxidation sites excluding steroid dienone is 1. The van der Waals surface area contributed by atoms with Gasteiger partial charge in [-0.15, -0.1) is 0 Å². The maximum Gasteiger partial charge on any atom is 0.137 e. The Morgan fingerprint density at radius 3 is 2.69 bits per heavy atom. The minimum absolute atomic E-state index is 0. The van der Waals surface area contributed by atoms with Gasteiger partial charge in [0.05, 0.1) is 18.0 Å². The number of pyridine rings is 1. The number of anilines is 2. The van der Waals surface area contributed by atoms with Gasteiger partial charge < -0.3 is 31.9 Å². The van der Waals surface area contributed by atoms with Gasteiger partial charge in [-0.25, -0.2) is 12.1 Å². The SMILES string of the molecule is [CH2-]OCCNc1cc(C(C)(C)C#N)c(C=N)c(NC/C(N)=C/C=N)n1.[Pm]. The second-order valence-electron chi connectivity index (χ2n) is 5.80. The van der Waals surface area contributed by atoms with Gasteiger partial charge in [0.15, 0.2) is 0 Å². The molecule has 0 aromatic carbocycles. The Labute approximate surface area is 186 Å². The monoisotopic (exact) mass is 487 g/mol. The van der Waals surface area contributed by atoms with E-state index < -0.39 is 5.41 Å². The molecule has 0 atom stereocenters. The van der Waals surface area contributed by atoms with E-state index in [1.165, 1.54) is 12.3 Å². The molecule has 0 amide bonds. The topological polar surface area (TPSA) is 144 Å². The van der Waals surface area contributed by atoms with Crippen LogP contribution in [-0.2, 0) is 10.2 Å². The van der Waals surface area contributed by atoms with Crippen LogP contribution in [-0.4, -0.2) is 37.1 Å². The molecule has 0 aliphatic rings. The molecular weight excluding hydrogens is 463 g/mol. The summed E-state index contributed by atoms with van der Waals surface area (Å²) in [6.45, 7) is 4.74. The molecule has 1 aromatic rings. The van der Waals surface area contributed by atoms with Crippen LogP contribution >= 0.6 is 0 Å². The predicted octanol–water partition coefficient (Wildman–Crippen LogP) is 2.00. The molecule has 0 aliphatic heterocycles. The molecule has 0 fully saturated rings. The number of ether oxygens (including phenoxy) is 1. The van der Waals surface area contributed by atoms with Crippen molar-refractivity contribution >= 4 is 24.1 Å². The summed E-state index contributed by atoms with van der Waals surface area (Å²) in [5, 5.41) is 30.4. The maximum atomic E-state index is 9.48. The first-order valence-corrected chi connectivity index (χ1v) is 7.66. The van der Waals surface area contributed by atoms with Crippen molar-refractivity contribution in [2.24, 2.45) is 5.73 Å². The Morgan fingerprint density at radius 2 is 2.15 bits per heavy atom. The van der Waals surface area contributed by atoms with Crippen LogP contribution in [0.3, 0.4) is 0 Å². The van der Waals surface area contributed by atoms with E-state index in [9.17, 15) is 5.26 Å². The number of aromatic nitrogens is 1. The number of nitrogens with one attached hydrogen (secondary N) is 4. The van der Waals surface area contributed by atoms with E-state index in [2.05, 4.69) is 28.8 Å². The normalized spacial score (nSPS) is 11.1. The Bertz CT molecular complexity index is 695. The van der Waals surface area contributed by atoms with Crippen molar-refractivity contribution in [3.8, 4) is 6.07 Å². The van der Waals surface area contributed by atoms with Gasteiger partial charge in [0, 0.05) is 77.2 Å². The maximum absolute atomic E-state index is 9.48. The quantitative estimate of drug-likeness (QED) is 0.194. The fourth-order valence-electron chi connectivity index (χ4n) is 2.11. The summed E-state index contributed by atoms with van der Waals surface area (Å²) in [6, 6.07) is 4.01. The molecular formula is C17H24N7OPm-. The Kier molecular flexibility index (Phi) is 11.2. The molecule has 139 valence electrons. The van der Waals surface area contributed by atoms with Gasteiger partial charge in [-0.3, -0.25) is 0 Å². The molecule has 9 heteroatoms. The number of nitrogens with two attached hydrogens (primary N) is 1. The van der Waals surface area contributed by atoms with Crippen LogP contribution < -0.4 is 16.4 Å². The Balaban J connectivity index is 0.00000625. The van der Waals surface area contributed by atoms with Crippen LogP contribution in [0.1, 0.15) is 25.0 Å². The zero-order chi connectivity index (χ0) is 18.9. The van der Waals surface area contributed by atoms with Crippen molar-refractivity contribution < 1.29 is 45.1 Å². The largest absolute Gasteiger partial charge is 0.554 e. The first kappa shape index (κ1) is 24.4. The Hall–Kier alpha value is -1.58. The Morgan fingerprint density at radius 1 is 1.46 bits per heavy atom. The van der Waals surface area contributed by atoms with Gasteiger partial charge >= 0.3 is 0 Å². The number of nitriles is 1. The molecule has 1 rings (SSSR count). The van der Waals surface area contributed by atoms with Gasteiger partial charge in [0.25, 0.3) is 0 Å². The first-order valence-electron chi connectivity index (χ1n) is 7.66. The second kappa shape index (κ2) is 11.9. The molecule has 0 bridgehead atoms. The number of nitrogens with zero attached hydrogens (tertiary/aromatic N) is 2. The van der Waals surface area contributed by atoms with Gasteiger partial charge in [0.1, 0.15) is 11.6 Å². The predicted molar refractivity (Wildman–Crippen MR) is 100 cm³/mol. The number of hydrogen-bond donors (Lipinski definition) is 5. The average Bonchev–Trinajstić information content (AvgIpc) is 2.60. The molecule has 1 aromatic heterocycles. The van der Waals surface area contributed by atoms with Crippen LogP contribution in [0.4, 0.5) is 11.6 Å². The van der Waals surface area contributed by atoms with E-state index in [0.29, 0.717) is 41.6 Å². The smallest absolute Gasteiger partial charge is 0.137 e. The van der Waals surface area contributed by atoms with Crippen molar-refractivity contribution in [1.29, 1.82) is 16.1 Å². The zero-order valence-corrected chi connectivity index (χ0v) is 17.8. The van der Waals surface area contributed by atoms with Gasteiger partial charge in [-0.2, -0.15) is 5.26 Å². The summed E-state index contributed by atoms with van der Waals surface area (Å²) in [6.07, 6.45) is 3.73. The molecule has 8 nitrogen and oxygen atoms in total. The summed E-state index contributed by atoms with van der Waals surface area (Å²) in [4.78, 5) is 4.46. The van der Waals surface area contributed by atoms with E-state index in [0.717, 1.165) is 6.21 Å². The van der Waals surface area contributed by atoms with Crippen LogP contribution in [0.25, 0.3) is 0 Å². The van der Waals surface area contributed by atoms with Crippen LogP contribution in [0.2, 0.25) is 0 Å². The third kappa shape index (κ3) is 6.97. The van der Waals surface area contributed by atoms with Crippen molar-refractivity contribution in [2.45, 2.75) is 19.3 Å². The van der Waals surface area contributed by atoms with E-state index in [1.54, 1.807) is 19.9 Å². The van der Waals surface area contributed by atoms with Gasteiger partial charge in [-0.05, 0) is 31.6 Å². The molecule has 0 unspecified atom stereocenters. The van der Waals surface area contributed by atoms with E-state index in [-0.39, 0.29) is 46.9 Å². The molecule has 1 heterocycles. The van der Waals surface area contributed by atoms with E-state index in [1.807, 2.05) is 0 Å². The third-order valence-electron chi connectivity index (χ3n) is 3.47. The molecule has 1 radical (unpaired) electrons. The average molecular weight is 487 g/mol. The van der Waals surface area contributed by atoms with Crippen molar-refractivity contribution in [2.75, 3.05) is 30.3 Å². The van der Waals surface area contributed by atoms with Crippen molar-refractivity contribution in [3.05, 3.63) is 36.1 Å². The third-order valence-corrected chi connectivity index (χ3v) is 3.47. The fourth-order valence-corrected chi connectivity index (χ4v) is 2.11. The number of rotatable bonds is 10. The minimum Gasteiger partial charge on any atom is -0.554 e. The van der Waals surface area contributed by atoms with E-state index in [4.69, 9.17) is 21.3 Å². The molecule has 26 heavy (non-hydrogen) atoms. The van der Waals surface area contributed by atoms with Crippen LogP contribution in [0, 0.1) is 69.6 Å². The summed E-state index contributed by atoms with van der Waals surface area (Å²) in [7, 11) is 3.31. The standard InChI is InChI=1S/C17H24N7O.Pm/c1-17(2,11-20)14-8-15(22-6-7-25-3)24-16(13(14)9-19)23-10-12(21)4-5-18;/h4-5,8-9,18-19H,3,6-7,10,21H2,1-2H3,(H2,22,23,24);/q-1;/b12-4-,18-5?,19-9?;. The molecule has 0 saturated heterocycles. The summed E-state index contributed by atoms with van der Waals surface area (Å²) >= 11 is 0. The molecule has 0 saturated carbocycles. The first-order chi connectivity index (χ1) is 11.9. The second-order valence-corrected chi connectivity index (χ2v) is 5.80. The summed E-state index contributed by atoms with van der Waals surface area (Å²) in [5.41, 5.74) is 6.63. The van der Waals surface area contributed by atoms with Crippen molar-refractivity contribution in [3.63, 3.8) is 0 Å². The number of hydrogen-bond acceptors (Lipinski definition) is 8. The summed E-state index contributed by atoms with van der Waals surface area (Å²) in [5.74, 6) is 0.994. The van der Waals surface area contributed by atoms with E-state index >= 15 is 0 Å².